The van der Waals surface area contributed by atoms with Crippen molar-refractivity contribution in [3.05, 3.63) is 33.9 Å². The van der Waals surface area contributed by atoms with Gasteiger partial charge in [0.05, 0.1) is 5.38 Å². The highest BCUT2D eigenvalue weighted by Gasteiger charge is 2.19. The molecule has 0 aliphatic carbocycles. The van der Waals surface area contributed by atoms with Crippen molar-refractivity contribution >= 4 is 11.6 Å². The minimum absolute atomic E-state index is 0.0895. The molecule has 20 heavy (non-hydrogen) atoms. The van der Waals surface area contributed by atoms with Crippen LogP contribution in [0.2, 0.25) is 0 Å². The summed E-state index contributed by atoms with van der Waals surface area (Å²) < 4.78 is 0. The quantitative estimate of drug-likeness (QED) is 0.615. The van der Waals surface area contributed by atoms with Gasteiger partial charge in [0.2, 0.25) is 0 Å². The first-order valence-electron chi connectivity index (χ1n) is 7.86. The van der Waals surface area contributed by atoms with E-state index in [1.54, 1.807) is 0 Å². The van der Waals surface area contributed by atoms with Crippen LogP contribution in [-0.4, -0.2) is 24.5 Å². The molecular formula is C18H30ClN. The molecule has 0 saturated carbocycles. The van der Waals surface area contributed by atoms with Crippen LogP contribution in [0.5, 0.6) is 0 Å². The molecule has 0 saturated heterocycles. The third-order valence-corrected chi connectivity index (χ3v) is 4.59. The summed E-state index contributed by atoms with van der Waals surface area (Å²) >= 11 is 6.79. The van der Waals surface area contributed by atoms with Gasteiger partial charge in [-0.3, -0.25) is 0 Å². The number of hydrogen-bond donors (Lipinski definition) is 0. The third-order valence-electron chi connectivity index (χ3n) is 4.24. The standard InChI is InChI=1S/C18H30ClN/c1-7-9-20(10-8-2)12-17(19)18-15(5)13(3)11-14(4)16(18)6/h11,17H,7-10,12H2,1-6H3. The van der Waals surface area contributed by atoms with E-state index in [1.807, 2.05) is 0 Å². The molecule has 1 unspecified atom stereocenters. The van der Waals surface area contributed by atoms with Crippen molar-refractivity contribution < 1.29 is 0 Å². The van der Waals surface area contributed by atoms with E-state index >= 15 is 0 Å². The molecule has 0 amide bonds. The Morgan fingerprint density at radius 3 is 1.80 bits per heavy atom. The Kier molecular flexibility index (Phi) is 7.05. The van der Waals surface area contributed by atoms with Gasteiger partial charge in [-0.1, -0.05) is 19.9 Å². The molecule has 0 radical (unpaired) electrons. The Bertz CT molecular complexity index is 407. The van der Waals surface area contributed by atoms with Crippen LogP contribution < -0.4 is 0 Å². The van der Waals surface area contributed by atoms with E-state index < -0.39 is 0 Å². The lowest BCUT2D eigenvalue weighted by molar-refractivity contribution is 0.274. The normalized spacial score (nSPS) is 13.0. The maximum Gasteiger partial charge on any atom is 0.0717 e. The van der Waals surface area contributed by atoms with E-state index in [1.165, 1.54) is 40.7 Å². The number of alkyl halides is 1. The predicted molar refractivity (Wildman–Crippen MR) is 91.0 cm³/mol. The number of benzene rings is 1. The van der Waals surface area contributed by atoms with E-state index in [0.29, 0.717) is 0 Å². The third kappa shape index (κ3) is 4.23. The molecule has 0 aliphatic heterocycles. The van der Waals surface area contributed by atoms with Gasteiger partial charge in [-0.25, -0.2) is 0 Å². The summed E-state index contributed by atoms with van der Waals surface area (Å²) in [6.45, 7) is 16.5. The molecule has 0 fully saturated rings. The van der Waals surface area contributed by atoms with Crippen LogP contribution in [0, 0.1) is 27.7 Å². The molecule has 114 valence electrons. The minimum Gasteiger partial charge on any atom is -0.302 e. The highest BCUT2D eigenvalue weighted by molar-refractivity contribution is 6.21. The van der Waals surface area contributed by atoms with Crippen molar-refractivity contribution in [3.63, 3.8) is 0 Å². The number of rotatable bonds is 7. The molecule has 0 aliphatic rings. The lowest BCUT2D eigenvalue weighted by Gasteiger charge is -2.26. The molecule has 0 spiro atoms. The van der Waals surface area contributed by atoms with Crippen molar-refractivity contribution in [2.24, 2.45) is 0 Å². The van der Waals surface area contributed by atoms with Gasteiger partial charge in [0, 0.05) is 6.54 Å². The Morgan fingerprint density at radius 2 is 1.40 bits per heavy atom. The molecular weight excluding hydrogens is 266 g/mol. The smallest absolute Gasteiger partial charge is 0.0717 e. The summed E-state index contributed by atoms with van der Waals surface area (Å²) in [7, 11) is 0. The number of aryl methyl sites for hydroxylation is 2. The summed E-state index contributed by atoms with van der Waals surface area (Å²) in [4.78, 5) is 2.49. The largest absolute Gasteiger partial charge is 0.302 e. The average molecular weight is 296 g/mol. The van der Waals surface area contributed by atoms with Crippen molar-refractivity contribution in [2.75, 3.05) is 19.6 Å². The van der Waals surface area contributed by atoms with Crippen LogP contribution in [0.1, 0.15) is 59.9 Å². The second-order valence-electron chi connectivity index (χ2n) is 5.94. The molecule has 0 aromatic heterocycles. The van der Waals surface area contributed by atoms with Gasteiger partial charge >= 0.3 is 0 Å². The molecule has 1 aromatic carbocycles. The van der Waals surface area contributed by atoms with Gasteiger partial charge in [0.25, 0.3) is 0 Å². The Morgan fingerprint density at radius 1 is 0.950 bits per heavy atom. The maximum atomic E-state index is 6.79. The van der Waals surface area contributed by atoms with Crippen LogP contribution in [0.25, 0.3) is 0 Å². The minimum atomic E-state index is 0.0895. The summed E-state index contributed by atoms with van der Waals surface area (Å²) in [6.07, 6.45) is 2.38. The van der Waals surface area contributed by atoms with Gasteiger partial charge in [-0.15, -0.1) is 11.6 Å². The van der Waals surface area contributed by atoms with Crippen LogP contribution in [0.3, 0.4) is 0 Å². The second kappa shape index (κ2) is 8.05. The molecule has 0 N–H and O–H groups in total. The van der Waals surface area contributed by atoms with Gasteiger partial charge < -0.3 is 4.90 Å². The van der Waals surface area contributed by atoms with E-state index in [2.05, 4.69) is 52.5 Å². The second-order valence-corrected chi connectivity index (χ2v) is 6.47. The molecule has 0 heterocycles. The average Bonchev–Trinajstić information content (AvgIpc) is 2.37. The van der Waals surface area contributed by atoms with Gasteiger partial charge in [-0.2, -0.15) is 0 Å². The lowest BCUT2D eigenvalue weighted by atomic mass is 9.92. The zero-order valence-corrected chi connectivity index (χ0v) is 14.8. The first-order valence-corrected chi connectivity index (χ1v) is 8.29. The highest BCUT2D eigenvalue weighted by Crippen LogP contribution is 2.31. The van der Waals surface area contributed by atoms with Gasteiger partial charge in [-0.05, 0) is 81.4 Å². The lowest BCUT2D eigenvalue weighted by Crippen LogP contribution is -2.29. The predicted octanol–water partition coefficient (Wildman–Crippen LogP) is 5.32. The first kappa shape index (κ1) is 17.5. The fraction of sp³-hybridized carbons (Fsp3) is 0.667. The van der Waals surface area contributed by atoms with Crippen molar-refractivity contribution in [1.29, 1.82) is 0 Å². The monoisotopic (exact) mass is 295 g/mol. The van der Waals surface area contributed by atoms with E-state index in [4.69, 9.17) is 11.6 Å². The SMILES string of the molecule is CCCN(CCC)CC(Cl)c1c(C)c(C)cc(C)c1C. The molecule has 1 aromatic rings. The Labute approximate surface area is 130 Å². The molecule has 1 nitrogen and oxygen atoms in total. The van der Waals surface area contributed by atoms with E-state index in [9.17, 15) is 0 Å². The maximum absolute atomic E-state index is 6.79. The summed E-state index contributed by atoms with van der Waals surface area (Å²) in [6, 6.07) is 2.27. The number of halogens is 1. The Balaban J connectivity index is 2.99. The van der Waals surface area contributed by atoms with Crippen LogP contribution in [0.4, 0.5) is 0 Å². The zero-order chi connectivity index (χ0) is 15.3. The van der Waals surface area contributed by atoms with E-state index in [0.717, 1.165) is 19.6 Å². The molecule has 2 heteroatoms. The summed E-state index contributed by atoms with van der Waals surface area (Å²) in [5.41, 5.74) is 6.78. The van der Waals surface area contributed by atoms with Crippen molar-refractivity contribution in [2.45, 2.75) is 59.8 Å². The van der Waals surface area contributed by atoms with Crippen molar-refractivity contribution in [3.8, 4) is 0 Å². The number of hydrogen-bond acceptors (Lipinski definition) is 1. The zero-order valence-electron chi connectivity index (χ0n) is 14.0. The van der Waals surface area contributed by atoms with Crippen molar-refractivity contribution in [1.82, 2.24) is 4.90 Å². The van der Waals surface area contributed by atoms with Gasteiger partial charge in [0.1, 0.15) is 0 Å². The highest BCUT2D eigenvalue weighted by atomic mass is 35.5. The molecule has 0 bridgehead atoms. The van der Waals surface area contributed by atoms with Gasteiger partial charge in [0.15, 0.2) is 0 Å². The topological polar surface area (TPSA) is 3.24 Å². The van der Waals surface area contributed by atoms with Crippen LogP contribution in [-0.2, 0) is 0 Å². The number of nitrogens with zero attached hydrogens (tertiary/aromatic N) is 1. The Hall–Kier alpha value is -0.530. The summed E-state index contributed by atoms with van der Waals surface area (Å²) in [5, 5.41) is 0.0895. The molecule has 1 rings (SSSR count). The first-order chi connectivity index (χ1) is 9.42. The fourth-order valence-electron chi connectivity index (χ4n) is 2.96. The van der Waals surface area contributed by atoms with Crippen LogP contribution in [0.15, 0.2) is 6.07 Å². The fourth-order valence-corrected chi connectivity index (χ4v) is 3.48. The van der Waals surface area contributed by atoms with Crippen LogP contribution >= 0.6 is 11.6 Å². The summed E-state index contributed by atoms with van der Waals surface area (Å²) in [5.74, 6) is 0. The molecule has 1 atom stereocenters. The van der Waals surface area contributed by atoms with E-state index in [-0.39, 0.29) is 5.38 Å².